The van der Waals surface area contributed by atoms with Gasteiger partial charge < -0.3 is 4.90 Å². The number of hydrogen-bond donors (Lipinski definition) is 0. The van der Waals surface area contributed by atoms with E-state index < -0.39 is 0 Å². The molecule has 0 radical (unpaired) electrons. The van der Waals surface area contributed by atoms with Crippen LogP contribution in [-0.2, 0) is 0 Å². The van der Waals surface area contributed by atoms with Crippen LogP contribution < -0.4 is 0 Å². The first kappa shape index (κ1) is 11.8. The van der Waals surface area contributed by atoms with E-state index >= 15 is 0 Å². The molecule has 0 spiro atoms. The van der Waals surface area contributed by atoms with Gasteiger partial charge in [0.1, 0.15) is 0 Å². The maximum absolute atomic E-state index is 12.0. The maximum atomic E-state index is 12.0. The first-order valence-corrected chi connectivity index (χ1v) is 5.49. The molecule has 1 aromatic carbocycles. The third-order valence-corrected chi connectivity index (χ3v) is 2.28. The Morgan fingerprint density at radius 2 is 1.87 bits per heavy atom. The highest BCUT2D eigenvalue weighted by atomic mass is 16.2. The largest absolute Gasteiger partial charge is 0.339 e. The SMILES string of the molecule is CCN(CC(C)C)C(=O)c1ccccc1. The molecule has 0 aliphatic heterocycles. The number of amides is 1. The van der Waals surface area contributed by atoms with E-state index in [1.54, 1.807) is 0 Å². The van der Waals surface area contributed by atoms with Crippen LogP contribution in [0.25, 0.3) is 0 Å². The quantitative estimate of drug-likeness (QED) is 0.740. The molecule has 0 saturated heterocycles. The molecule has 0 heterocycles. The van der Waals surface area contributed by atoms with Crippen LogP contribution in [0, 0.1) is 5.92 Å². The van der Waals surface area contributed by atoms with Crippen LogP contribution >= 0.6 is 0 Å². The number of nitrogens with zero attached hydrogens (tertiary/aromatic N) is 1. The fraction of sp³-hybridized carbons (Fsp3) is 0.462. The summed E-state index contributed by atoms with van der Waals surface area (Å²) in [6, 6.07) is 9.46. The van der Waals surface area contributed by atoms with Crippen molar-refractivity contribution in [3.05, 3.63) is 35.9 Å². The molecule has 0 saturated carbocycles. The minimum absolute atomic E-state index is 0.131. The summed E-state index contributed by atoms with van der Waals surface area (Å²) in [7, 11) is 0. The van der Waals surface area contributed by atoms with Crippen LogP contribution in [0.15, 0.2) is 30.3 Å². The van der Waals surface area contributed by atoms with Crippen molar-refractivity contribution < 1.29 is 4.79 Å². The second-order valence-electron chi connectivity index (χ2n) is 4.10. The molecule has 1 amide bonds. The summed E-state index contributed by atoms with van der Waals surface area (Å²) >= 11 is 0. The Morgan fingerprint density at radius 3 is 2.33 bits per heavy atom. The molecule has 1 rings (SSSR count). The summed E-state index contributed by atoms with van der Waals surface area (Å²) in [6.07, 6.45) is 0. The minimum Gasteiger partial charge on any atom is -0.339 e. The van der Waals surface area contributed by atoms with Gasteiger partial charge >= 0.3 is 0 Å². The van der Waals surface area contributed by atoms with Crippen molar-refractivity contribution in [2.24, 2.45) is 5.92 Å². The van der Waals surface area contributed by atoms with Crippen LogP contribution in [0.2, 0.25) is 0 Å². The number of rotatable bonds is 4. The van der Waals surface area contributed by atoms with E-state index in [1.807, 2.05) is 42.2 Å². The molecule has 0 aliphatic carbocycles. The van der Waals surface area contributed by atoms with Gasteiger partial charge in [-0.25, -0.2) is 0 Å². The average Bonchev–Trinajstić information content (AvgIpc) is 2.26. The van der Waals surface area contributed by atoms with Crippen molar-refractivity contribution in [2.75, 3.05) is 13.1 Å². The lowest BCUT2D eigenvalue weighted by Gasteiger charge is -2.22. The van der Waals surface area contributed by atoms with Crippen LogP contribution in [0.1, 0.15) is 31.1 Å². The summed E-state index contributed by atoms with van der Waals surface area (Å²) < 4.78 is 0. The summed E-state index contributed by atoms with van der Waals surface area (Å²) in [6.45, 7) is 7.86. The van der Waals surface area contributed by atoms with Crippen molar-refractivity contribution in [2.45, 2.75) is 20.8 Å². The minimum atomic E-state index is 0.131. The highest BCUT2D eigenvalue weighted by Gasteiger charge is 2.14. The smallest absolute Gasteiger partial charge is 0.253 e. The molecular formula is C13H19NO. The molecule has 0 atom stereocenters. The average molecular weight is 205 g/mol. The van der Waals surface area contributed by atoms with E-state index in [0.29, 0.717) is 5.92 Å². The second kappa shape index (κ2) is 5.54. The standard InChI is InChI=1S/C13H19NO/c1-4-14(10-11(2)3)13(15)12-8-6-5-7-9-12/h5-9,11H,4,10H2,1-3H3. The Morgan fingerprint density at radius 1 is 1.27 bits per heavy atom. The first-order chi connectivity index (χ1) is 7.15. The molecule has 15 heavy (non-hydrogen) atoms. The summed E-state index contributed by atoms with van der Waals surface area (Å²) in [5.74, 6) is 0.643. The molecule has 0 aliphatic rings. The van der Waals surface area contributed by atoms with Gasteiger partial charge in [-0.15, -0.1) is 0 Å². The molecule has 82 valence electrons. The lowest BCUT2D eigenvalue weighted by molar-refractivity contribution is 0.0746. The van der Waals surface area contributed by atoms with E-state index in [9.17, 15) is 4.79 Å². The molecular weight excluding hydrogens is 186 g/mol. The number of benzene rings is 1. The first-order valence-electron chi connectivity index (χ1n) is 5.49. The predicted molar refractivity (Wildman–Crippen MR) is 62.9 cm³/mol. The van der Waals surface area contributed by atoms with Crippen molar-refractivity contribution in [1.29, 1.82) is 0 Å². The van der Waals surface area contributed by atoms with Crippen LogP contribution in [-0.4, -0.2) is 23.9 Å². The van der Waals surface area contributed by atoms with Crippen LogP contribution in [0.4, 0.5) is 0 Å². The summed E-state index contributed by atoms with van der Waals surface area (Å²) in [5, 5.41) is 0. The molecule has 0 aromatic heterocycles. The Kier molecular flexibility index (Phi) is 4.35. The van der Waals surface area contributed by atoms with E-state index in [4.69, 9.17) is 0 Å². The van der Waals surface area contributed by atoms with Gasteiger partial charge in [-0.3, -0.25) is 4.79 Å². The van der Waals surface area contributed by atoms with Gasteiger partial charge in [-0.2, -0.15) is 0 Å². The summed E-state index contributed by atoms with van der Waals surface area (Å²) in [4.78, 5) is 13.9. The van der Waals surface area contributed by atoms with E-state index in [1.165, 1.54) is 0 Å². The summed E-state index contributed by atoms with van der Waals surface area (Å²) in [5.41, 5.74) is 0.778. The van der Waals surface area contributed by atoms with Gasteiger partial charge in [0.25, 0.3) is 5.91 Å². The van der Waals surface area contributed by atoms with Gasteiger partial charge in [0.15, 0.2) is 0 Å². The molecule has 1 aromatic rings. The van der Waals surface area contributed by atoms with Gasteiger partial charge in [-0.1, -0.05) is 32.0 Å². The molecule has 0 fully saturated rings. The molecule has 0 N–H and O–H groups in total. The number of hydrogen-bond acceptors (Lipinski definition) is 1. The number of carbonyl (C=O) groups excluding carboxylic acids is 1. The van der Waals surface area contributed by atoms with Gasteiger partial charge in [0.05, 0.1) is 0 Å². The Hall–Kier alpha value is -1.31. The fourth-order valence-electron chi connectivity index (χ4n) is 1.56. The van der Waals surface area contributed by atoms with Crippen molar-refractivity contribution in [1.82, 2.24) is 4.90 Å². The third kappa shape index (κ3) is 3.39. The molecule has 2 nitrogen and oxygen atoms in total. The molecule has 0 unspecified atom stereocenters. The van der Waals surface area contributed by atoms with Gasteiger partial charge in [-0.05, 0) is 25.0 Å². The fourth-order valence-corrected chi connectivity index (χ4v) is 1.56. The Bertz CT molecular complexity index is 306. The highest BCUT2D eigenvalue weighted by Crippen LogP contribution is 2.06. The van der Waals surface area contributed by atoms with E-state index in [0.717, 1.165) is 18.7 Å². The van der Waals surface area contributed by atoms with E-state index in [2.05, 4.69) is 13.8 Å². The lowest BCUT2D eigenvalue weighted by atomic mass is 10.1. The van der Waals surface area contributed by atoms with Gasteiger partial charge in [0.2, 0.25) is 0 Å². The topological polar surface area (TPSA) is 20.3 Å². The Labute approximate surface area is 91.9 Å². The normalized spacial score (nSPS) is 10.4. The van der Waals surface area contributed by atoms with E-state index in [-0.39, 0.29) is 5.91 Å². The zero-order chi connectivity index (χ0) is 11.3. The zero-order valence-electron chi connectivity index (χ0n) is 9.73. The van der Waals surface area contributed by atoms with Crippen LogP contribution in [0.5, 0.6) is 0 Å². The van der Waals surface area contributed by atoms with Gasteiger partial charge in [0, 0.05) is 18.7 Å². The zero-order valence-corrected chi connectivity index (χ0v) is 9.73. The van der Waals surface area contributed by atoms with Crippen LogP contribution in [0.3, 0.4) is 0 Å². The maximum Gasteiger partial charge on any atom is 0.253 e. The van der Waals surface area contributed by atoms with Crippen molar-refractivity contribution in [3.63, 3.8) is 0 Å². The number of carbonyl (C=O) groups is 1. The van der Waals surface area contributed by atoms with Crippen molar-refractivity contribution in [3.8, 4) is 0 Å². The van der Waals surface area contributed by atoms with Crippen molar-refractivity contribution >= 4 is 5.91 Å². The molecule has 0 bridgehead atoms. The lowest BCUT2D eigenvalue weighted by Crippen LogP contribution is -2.33. The Balaban J connectivity index is 2.74. The predicted octanol–water partition coefficient (Wildman–Crippen LogP) is 2.80. The second-order valence-corrected chi connectivity index (χ2v) is 4.10. The third-order valence-electron chi connectivity index (χ3n) is 2.28. The molecule has 2 heteroatoms. The highest BCUT2D eigenvalue weighted by molar-refractivity contribution is 5.94. The monoisotopic (exact) mass is 205 g/mol.